The molecule has 0 fully saturated rings. The van der Waals surface area contributed by atoms with Crippen LogP contribution in [0.2, 0.25) is 0 Å². The van der Waals surface area contributed by atoms with E-state index in [1.807, 2.05) is 6.08 Å². The molecule has 0 heterocycles. The van der Waals surface area contributed by atoms with E-state index in [0.29, 0.717) is 10.9 Å². The number of alkyl halides is 1. The van der Waals surface area contributed by atoms with E-state index < -0.39 is 11.6 Å². The van der Waals surface area contributed by atoms with E-state index in [0.717, 1.165) is 18.4 Å². The molecule has 1 aliphatic carbocycles. The highest BCUT2D eigenvalue weighted by Crippen LogP contribution is 2.29. The van der Waals surface area contributed by atoms with Gasteiger partial charge in [0.05, 0.1) is 9.85 Å². The third-order valence-corrected chi connectivity index (χ3v) is 3.66. The van der Waals surface area contributed by atoms with Gasteiger partial charge in [-0.15, -0.1) is 11.6 Å². The van der Waals surface area contributed by atoms with Crippen LogP contribution in [-0.2, 0) is 6.42 Å². The molecule has 0 aliphatic heterocycles. The quantitative estimate of drug-likeness (QED) is 0.426. The maximum Gasteiger partial charge on any atom is 0.143 e. The van der Waals surface area contributed by atoms with Crippen molar-refractivity contribution in [1.29, 1.82) is 0 Å². The number of hydrogen-bond donors (Lipinski definition) is 0. The molecule has 0 saturated heterocycles. The van der Waals surface area contributed by atoms with Gasteiger partial charge in [0.15, 0.2) is 0 Å². The first-order chi connectivity index (χ1) is 7.58. The van der Waals surface area contributed by atoms with Crippen LogP contribution in [0, 0.1) is 11.6 Å². The highest BCUT2D eigenvalue weighted by molar-refractivity contribution is 9.10. The summed E-state index contributed by atoms with van der Waals surface area (Å²) in [6.45, 7) is 0. The van der Waals surface area contributed by atoms with Gasteiger partial charge in [0.1, 0.15) is 11.6 Å². The van der Waals surface area contributed by atoms with E-state index in [9.17, 15) is 8.78 Å². The molecule has 16 heavy (non-hydrogen) atoms. The van der Waals surface area contributed by atoms with Crippen molar-refractivity contribution in [2.24, 2.45) is 0 Å². The van der Waals surface area contributed by atoms with Crippen LogP contribution in [0.25, 0.3) is 0 Å². The van der Waals surface area contributed by atoms with Crippen LogP contribution in [0.3, 0.4) is 0 Å². The van der Waals surface area contributed by atoms with Crippen molar-refractivity contribution in [2.75, 3.05) is 0 Å². The number of benzene rings is 1. The second-order valence-corrected chi connectivity index (χ2v) is 5.29. The Hall–Kier alpha value is -0.410. The lowest BCUT2D eigenvalue weighted by Crippen LogP contribution is -1.98. The van der Waals surface area contributed by atoms with E-state index >= 15 is 0 Å². The highest BCUT2D eigenvalue weighted by atomic mass is 79.9. The molecule has 0 nitrogen and oxygen atoms in total. The molecule has 0 aromatic heterocycles. The van der Waals surface area contributed by atoms with E-state index in [-0.39, 0.29) is 10.9 Å². The number of hydrogen-bond acceptors (Lipinski definition) is 0. The Morgan fingerprint density at radius 1 is 1.38 bits per heavy atom. The van der Waals surface area contributed by atoms with Gasteiger partial charge in [-0.1, -0.05) is 11.6 Å². The molecular formula is C12H10BrClF2. The fourth-order valence-electron chi connectivity index (χ4n) is 1.85. The van der Waals surface area contributed by atoms with Crippen molar-refractivity contribution in [2.45, 2.75) is 24.6 Å². The molecule has 2 rings (SSSR count). The SMILES string of the molecule is Fc1ccc(Br)c(F)c1CC1=CC(Cl)CC1. The van der Waals surface area contributed by atoms with Gasteiger partial charge in [0.25, 0.3) is 0 Å². The summed E-state index contributed by atoms with van der Waals surface area (Å²) in [6, 6.07) is 2.65. The molecule has 0 N–H and O–H groups in total. The summed E-state index contributed by atoms with van der Waals surface area (Å²) in [7, 11) is 0. The first kappa shape index (κ1) is 12.1. The van der Waals surface area contributed by atoms with Crippen LogP contribution in [0.15, 0.2) is 28.3 Å². The van der Waals surface area contributed by atoms with Gasteiger partial charge in [-0.05, 0) is 47.3 Å². The topological polar surface area (TPSA) is 0 Å². The molecule has 1 aromatic carbocycles. The van der Waals surface area contributed by atoms with E-state index in [4.69, 9.17) is 11.6 Å². The normalized spacial score (nSPS) is 20.0. The molecule has 1 unspecified atom stereocenters. The molecule has 4 heteroatoms. The summed E-state index contributed by atoms with van der Waals surface area (Å²) in [5, 5.41) is 0.00766. The predicted octanol–water partition coefficient (Wildman–Crippen LogP) is 4.60. The van der Waals surface area contributed by atoms with Crippen molar-refractivity contribution in [3.63, 3.8) is 0 Å². The molecular weight excluding hydrogens is 297 g/mol. The maximum absolute atomic E-state index is 13.7. The van der Waals surface area contributed by atoms with Crippen LogP contribution in [-0.4, -0.2) is 5.38 Å². The Kier molecular flexibility index (Phi) is 3.65. The van der Waals surface area contributed by atoms with E-state index in [1.54, 1.807) is 0 Å². The molecule has 1 atom stereocenters. The number of rotatable bonds is 2. The zero-order valence-corrected chi connectivity index (χ0v) is 10.8. The number of allylic oxidation sites excluding steroid dienone is 2. The van der Waals surface area contributed by atoms with Crippen LogP contribution >= 0.6 is 27.5 Å². The second-order valence-electron chi connectivity index (χ2n) is 3.88. The van der Waals surface area contributed by atoms with Gasteiger partial charge in [0.2, 0.25) is 0 Å². The third kappa shape index (κ3) is 2.46. The standard InChI is InChI=1S/C12H10BrClF2/c13-10-3-4-11(15)9(12(10)16)6-7-1-2-8(14)5-7/h3-5,8H,1-2,6H2. The first-order valence-electron chi connectivity index (χ1n) is 5.04. The number of halogens is 4. The smallest absolute Gasteiger partial charge is 0.143 e. The molecule has 1 aromatic rings. The van der Waals surface area contributed by atoms with Gasteiger partial charge in [0, 0.05) is 5.56 Å². The largest absolute Gasteiger partial charge is 0.207 e. The minimum Gasteiger partial charge on any atom is -0.207 e. The lowest BCUT2D eigenvalue weighted by molar-refractivity contribution is 0.555. The third-order valence-electron chi connectivity index (χ3n) is 2.70. The zero-order chi connectivity index (χ0) is 11.7. The average molecular weight is 308 g/mol. The second kappa shape index (κ2) is 4.84. The van der Waals surface area contributed by atoms with Crippen LogP contribution in [0.1, 0.15) is 18.4 Å². The minimum atomic E-state index is -0.515. The summed E-state index contributed by atoms with van der Waals surface area (Å²) in [6.07, 6.45) is 3.87. The van der Waals surface area contributed by atoms with E-state index in [1.165, 1.54) is 12.1 Å². The molecule has 0 saturated carbocycles. The molecule has 1 aliphatic rings. The lowest BCUT2D eigenvalue weighted by atomic mass is 10.0. The predicted molar refractivity (Wildman–Crippen MR) is 64.7 cm³/mol. The van der Waals surface area contributed by atoms with E-state index in [2.05, 4.69) is 15.9 Å². The van der Waals surface area contributed by atoms with Crippen molar-refractivity contribution >= 4 is 27.5 Å². The van der Waals surface area contributed by atoms with Gasteiger partial charge in [-0.2, -0.15) is 0 Å². The van der Waals surface area contributed by atoms with Crippen molar-refractivity contribution in [1.82, 2.24) is 0 Å². The Balaban J connectivity index is 2.28. The fraction of sp³-hybridized carbons (Fsp3) is 0.333. The van der Waals surface area contributed by atoms with Crippen molar-refractivity contribution in [3.05, 3.63) is 45.5 Å². The van der Waals surface area contributed by atoms with Crippen LogP contribution in [0.4, 0.5) is 8.78 Å². The molecule has 0 amide bonds. The summed E-state index contributed by atoms with van der Waals surface area (Å²) in [5.41, 5.74) is 1.13. The molecule has 86 valence electrons. The lowest BCUT2D eigenvalue weighted by Gasteiger charge is -2.07. The van der Waals surface area contributed by atoms with Crippen molar-refractivity contribution in [3.8, 4) is 0 Å². The van der Waals surface area contributed by atoms with Crippen LogP contribution in [0.5, 0.6) is 0 Å². The summed E-state index contributed by atoms with van der Waals surface area (Å²) in [4.78, 5) is 0. The molecule has 0 spiro atoms. The summed E-state index contributed by atoms with van der Waals surface area (Å²) < 4.78 is 27.4. The summed E-state index contributed by atoms with van der Waals surface area (Å²) in [5.74, 6) is -1.02. The Labute approximate surface area is 106 Å². The zero-order valence-electron chi connectivity index (χ0n) is 8.44. The molecule has 0 bridgehead atoms. The Morgan fingerprint density at radius 2 is 2.12 bits per heavy atom. The minimum absolute atomic E-state index is 0.00766. The van der Waals surface area contributed by atoms with Gasteiger partial charge in [-0.3, -0.25) is 0 Å². The Bertz CT molecular complexity index is 443. The summed E-state index contributed by atoms with van der Waals surface area (Å²) >= 11 is 8.97. The average Bonchev–Trinajstić information content (AvgIpc) is 2.65. The van der Waals surface area contributed by atoms with Gasteiger partial charge in [-0.25, -0.2) is 8.78 Å². The van der Waals surface area contributed by atoms with Crippen molar-refractivity contribution < 1.29 is 8.78 Å². The highest BCUT2D eigenvalue weighted by Gasteiger charge is 2.18. The Morgan fingerprint density at radius 3 is 2.75 bits per heavy atom. The maximum atomic E-state index is 13.7. The van der Waals surface area contributed by atoms with Crippen LogP contribution < -0.4 is 0 Å². The van der Waals surface area contributed by atoms with Gasteiger partial charge < -0.3 is 0 Å². The molecule has 0 radical (unpaired) electrons. The first-order valence-corrected chi connectivity index (χ1v) is 6.27. The monoisotopic (exact) mass is 306 g/mol. The van der Waals surface area contributed by atoms with Gasteiger partial charge >= 0.3 is 0 Å². The fourth-order valence-corrected chi connectivity index (χ4v) is 2.51.